The summed E-state index contributed by atoms with van der Waals surface area (Å²) in [5.74, 6) is 2.80. The molecule has 0 unspecified atom stereocenters. The number of rotatable bonds is 10. The summed E-state index contributed by atoms with van der Waals surface area (Å²) in [4.78, 5) is 0. The number of methoxy groups -OCH3 is 2. The van der Waals surface area contributed by atoms with E-state index in [-0.39, 0.29) is 0 Å². The molecule has 0 saturated heterocycles. The lowest BCUT2D eigenvalue weighted by Gasteiger charge is -2.16. The van der Waals surface area contributed by atoms with Gasteiger partial charge in [0.25, 0.3) is 0 Å². The van der Waals surface area contributed by atoms with E-state index in [9.17, 15) is 0 Å². The van der Waals surface area contributed by atoms with Crippen molar-refractivity contribution >= 4 is 0 Å². The summed E-state index contributed by atoms with van der Waals surface area (Å²) in [5.41, 5.74) is 4.26. The molecule has 0 saturated carbocycles. The number of ether oxygens (including phenoxy) is 3. The van der Waals surface area contributed by atoms with E-state index >= 15 is 0 Å². The number of hydrogen-bond acceptors (Lipinski definition) is 6. The first-order chi connectivity index (χ1) is 14.1. The molecule has 3 rings (SSSR count). The second-order valence-electron chi connectivity index (χ2n) is 6.83. The van der Waals surface area contributed by atoms with Gasteiger partial charge in [0, 0.05) is 12.1 Å². The van der Waals surface area contributed by atoms with Crippen LogP contribution in [0.3, 0.4) is 0 Å². The summed E-state index contributed by atoms with van der Waals surface area (Å²) in [6.45, 7) is 5.87. The summed E-state index contributed by atoms with van der Waals surface area (Å²) < 4.78 is 22.3. The Hall–Kier alpha value is -2.99. The van der Waals surface area contributed by atoms with Gasteiger partial charge in [-0.1, -0.05) is 35.5 Å². The van der Waals surface area contributed by atoms with Crippen LogP contribution >= 0.6 is 0 Å². The van der Waals surface area contributed by atoms with Gasteiger partial charge < -0.3 is 24.1 Å². The summed E-state index contributed by atoms with van der Waals surface area (Å²) in [7, 11) is 3.28. The third-order valence-corrected chi connectivity index (χ3v) is 4.81. The van der Waals surface area contributed by atoms with Crippen molar-refractivity contribution in [3.63, 3.8) is 0 Å². The number of aryl methyl sites for hydroxylation is 2. The molecule has 0 amide bonds. The number of nitrogens with zero attached hydrogens (tertiary/aromatic N) is 1. The second-order valence-corrected chi connectivity index (χ2v) is 6.83. The van der Waals surface area contributed by atoms with Crippen LogP contribution in [0.25, 0.3) is 0 Å². The molecule has 2 aromatic carbocycles. The van der Waals surface area contributed by atoms with E-state index in [0.717, 1.165) is 41.1 Å². The van der Waals surface area contributed by atoms with E-state index in [4.69, 9.17) is 18.7 Å². The average Bonchev–Trinajstić information content (AvgIpc) is 3.07. The van der Waals surface area contributed by atoms with Crippen molar-refractivity contribution in [3.8, 4) is 17.2 Å². The maximum Gasteiger partial charge on any atom is 0.203 e. The standard InChI is InChI=1S/C23H28N2O4/c1-16-20(17(2)29-25-16)10-11-24-14-19-12-21(26-3)23(22(13-19)27-4)28-15-18-8-6-5-7-9-18/h5-9,12-13,24H,10-11,14-15H2,1-4H3. The van der Waals surface area contributed by atoms with Gasteiger partial charge in [0.2, 0.25) is 5.75 Å². The molecule has 154 valence electrons. The molecule has 0 aliphatic rings. The highest BCUT2D eigenvalue weighted by molar-refractivity contribution is 5.54. The molecule has 0 atom stereocenters. The Morgan fingerprint density at radius 2 is 1.66 bits per heavy atom. The zero-order valence-corrected chi connectivity index (χ0v) is 17.5. The summed E-state index contributed by atoms with van der Waals surface area (Å²) in [6, 6.07) is 14.0. The van der Waals surface area contributed by atoms with Gasteiger partial charge in [-0.05, 0) is 50.1 Å². The van der Waals surface area contributed by atoms with E-state index in [1.54, 1.807) is 14.2 Å². The highest BCUT2D eigenvalue weighted by Gasteiger charge is 2.15. The van der Waals surface area contributed by atoms with Crippen LogP contribution in [0, 0.1) is 13.8 Å². The van der Waals surface area contributed by atoms with Gasteiger partial charge in [0.05, 0.1) is 19.9 Å². The van der Waals surface area contributed by atoms with Gasteiger partial charge in [0.1, 0.15) is 12.4 Å². The Labute approximate surface area is 171 Å². The lowest BCUT2D eigenvalue weighted by molar-refractivity contribution is 0.265. The highest BCUT2D eigenvalue weighted by atomic mass is 16.5. The molecule has 0 radical (unpaired) electrons. The molecule has 29 heavy (non-hydrogen) atoms. The third kappa shape index (κ3) is 5.29. The predicted octanol–water partition coefficient (Wildman–Crippen LogP) is 4.22. The van der Waals surface area contributed by atoms with Crippen molar-refractivity contribution in [1.82, 2.24) is 10.5 Å². The fraction of sp³-hybridized carbons (Fsp3) is 0.348. The lowest BCUT2D eigenvalue weighted by Crippen LogP contribution is -2.17. The quantitative estimate of drug-likeness (QED) is 0.518. The minimum atomic E-state index is 0.447. The van der Waals surface area contributed by atoms with Crippen molar-refractivity contribution in [2.75, 3.05) is 20.8 Å². The Morgan fingerprint density at radius 1 is 0.966 bits per heavy atom. The van der Waals surface area contributed by atoms with Gasteiger partial charge in [-0.2, -0.15) is 0 Å². The SMILES string of the molecule is COc1cc(CNCCc2c(C)noc2C)cc(OC)c1OCc1ccccc1. The molecule has 6 nitrogen and oxygen atoms in total. The van der Waals surface area contributed by atoms with Crippen molar-refractivity contribution in [2.45, 2.75) is 33.4 Å². The number of hydrogen-bond donors (Lipinski definition) is 1. The lowest BCUT2D eigenvalue weighted by atomic mass is 10.1. The second kappa shape index (κ2) is 9.98. The Bertz CT molecular complexity index is 877. The molecule has 0 aliphatic heterocycles. The smallest absolute Gasteiger partial charge is 0.203 e. The molecule has 1 heterocycles. The normalized spacial score (nSPS) is 10.8. The van der Waals surface area contributed by atoms with Crippen LogP contribution < -0.4 is 19.5 Å². The van der Waals surface area contributed by atoms with Gasteiger partial charge in [-0.3, -0.25) is 0 Å². The van der Waals surface area contributed by atoms with Gasteiger partial charge >= 0.3 is 0 Å². The van der Waals surface area contributed by atoms with Crippen LogP contribution in [0.5, 0.6) is 17.2 Å². The summed E-state index contributed by atoms with van der Waals surface area (Å²) in [6.07, 6.45) is 0.869. The van der Waals surface area contributed by atoms with Crippen LogP contribution in [0.4, 0.5) is 0 Å². The zero-order valence-electron chi connectivity index (χ0n) is 17.5. The minimum absolute atomic E-state index is 0.447. The van der Waals surface area contributed by atoms with Crippen LogP contribution in [0.1, 0.15) is 28.1 Å². The van der Waals surface area contributed by atoms with Crippen molar-refractivity contribution in [1.29, 1.82) is 0 Å². The topological polar surface area (TPSA) is 65.8 Å². The monoisotopic (exact) mass is 396 g/mol. The van der Waals surface area contributed by atoms with Crippen molar-refractivity contribution < 1.29 is 18.7 Å². The Kier molecular flexibility index (Phi) is 7.14. The molecular formula is C23H28N2O4. The van der Waals surface area contributed by atoms with E-state index in [0.29, 0.717) is 30.4 Å². The molecule has 0 fully saturated rings. The largest absolute Gasteiger partial charge is 0.493 e. The molecule has 6 heteroatoms. The Balaban J connectivity index is 1.63. The fourth-order valence-corrected chi connectivity index (χ4v) is 3.21. The molecule has 0 bridgehead atoms. The molecule has 1 N–H and O–H groups in total. The van der Waals surface area contributed by atoms with E-state index in [2.05, 4.69) is 10.5 Å². The predicted molar refractivity (Wildman–Crippen MR) is 112 cm³/mol. The number of benzene rings is 2. The number of aromatic nitrogens is 1. The van der Waals surface area contributed by atoms with Crippen LogP contribution in [-0.4, -0.2) is 25.9 Å². The van der Waals surface area contributed by atoms with Crippen molar-refractivity contribution in [3.05, 3.63) is 70.6 Å². The average molecular weight is 396 g/mol. The van der Waals surface area contributed by atoms with Crippen LogP contribution in [0.2, 0.25) is 0 Å². The molecule has 0 spiro atoms. The maximum atomic E-state index is 6.00. The fourth-order valence-electron chi connectivity index (χ4n) is 3.21. The van der Waals surface area contributed by atoms with E-state index < -0.39 is 0 Å². The summed E-state index contributed by atoms with van der Waals surface area (Å²) in [5, 5.41) is 7.45. The Morgan fingerprint density at radius 3 is 2.24 bits per heavy atom. The van der Waals surface area contributed by atoms with E-state index in [1.807, 2.05) is 56.3 Å². The van der Waals surface area contributed by atoms with Crippen LogP contribution in [-0.2, 0) is 19.6 Å². The van der Waals surface area contributed by atoms with E-state index in [1.165, 1.54) is 0 Å². The first-order valence-electron chi connectivity index (χ1n) is 9.66. The maximum absolute atomic E-state index is 6.00. The number of nitrogens with one attached hydrogen (secondary N) is 1. The van der Waals surface area contributed by atoms with Crippen molar-refractivity contribution in [2.24, 2.45) is 0 Å². The molecular weight excluding hydrogens is 368 g/mol. The molecule has 1 aromatic heterocycles. The van der Waals surface area contributed by atoms with Gasteiger partial charge in [-0.15, -0.1) is 0 Å². The summed E-state index contributed by atoms with van der Waals surface area (Å²) >= 11 is 0. The zero-order chi connectivity index (χ0) is 20.6. The van der Waals surface area contributed by atoms with Gasteiger partial charge in [-0.25, -0.2) is 0 Å². The highest BCUT2D eigenvalue weighted by Crippen LogP contribution is 2.39. The first-order valence-corrected chi connectivity index (χ1v) is 9.66. The molecule has 3 aromatic rings. The molecule has 0 aliphatic carbocycles. The van der Waals surface area contributed by atoms with Crippen LogP contribution in [0.15, 0.2) is 47.0 Å². The van der Waals surface area contributed by atoms with Gasteiger partial charge in [0.15, 0.2) is 11.5 Å². The third-order valence-electron chi connectivity index (χ3n) is 4.81. The first kappa shape index (κ1) is 20.7. The minimum Gasteiger partial charge on any atom is -0.493 e.